The third-order valence-electron chi connectivity index (χ3n) is 3.62. The molecule has 20 heavy (non-hydrogen) atoms. The molecule has 0 radical (unpaired) electrons. The van der Waals surface area contributed by atoms with E-state index in [9.17, 15) is 0 Å². The number of fused-ring (bicyclic) bond motifs is 1. The molecular formula is C17H21N3. The molecule has 1 aliphatic heterocycles. The number of hydrogen-bond donors (Lipinski definition) is 1. The van der Waals surface area contributed by atoms with Crippen LogP contribution in [0.4, 0.5) is 5.69 Å². The molecular weight excluding hydrogens is 246 g/mol. The van der Waals surface area contributed by atoms with Gasteiger partial charge in [-0.3, -0.25) is 9.98 Å². The van der Waals surface area contributed by atoms with Crippen LogP contribution >= 0.6 is 0 Å². The van der Waals surface area contributed by atoms with Gasteiger partial charge in [-0.05, 0) is 19.4 Å². The average Bonchev–Trinajstić information content (AvgIpc) is 2.75. The van der Waals surface area contributed by atoms with E-state index in [0.717, 1.165) is 34.8 Å². The smallest absolute Gasteiger partial charge is 0.0773 e. The fourth-order valence-electron chi connectivity index (χ4n) is 2.23. The minimum absolute atomic E-state index is 0.256. The predicted molar refractivity (Wildman–Crippen MR) is 87.0 cm³/mol. The van der Waals surface area contributed by atoms with Gasteiger partial charge in [0.05, 0.1) is 5.69 Å². The first-order valence-electron chi connectivity index (χ1n) is 6.91. The highest BCUT2D eigenvalue weighted by molar-refractivity contribution is 6.10. The molecule has 2 rings (SSSR count). The van der Waals surface area contributed by atoms with Crippen LogP contribution in [0.2, 0.25) is 0 Å². The van der Waals surface area contributed by atoms with Gasteiger partial charge in [-0.15, -0.1) is 0 Å². The predicted octanol–water partition coefficient (Wildman–Crippen LogP) is 4.52. The Kier molecular flexibility index (Phi) is 4.18. The second-order valence-electron chi connectivity index (χ2n) is 4.91. The molecule has 104 valence electrons. The van der Waals surface area contributed by atoms with Crippen molar-refractivity contribution in [1.82, 2.24) is 4.98 Å². The zero-order valence-corrected chi connectivity index (χ0v) is 12.4. The van der Waals surface area contributed by atoms with E-state index >= 15 is 0 Å². The number of rotatable bonds is 4. The van der Waals surface area contributed by atoms with Crippen molar-refractivity contribution >= 4 is 17.5 Å². The standard InChI is InChI=1S/C17H21N3/c1-6-11(3)19-10-14(7-2)17-16-12(4)13(5)20-15(16)8-9-18-17/h7-10,12,20H,3,5-6H2,1-2,4H3. The highest BCUT2D eigenvalue weighted by Crippen LogP contribution is 2.40. The van der Waals surface area contributed by atoms with Gasteiger partial charge in [0.1, 0.15) is 0 Å². The molecule has 1 N–H and O–H groups in total. The number of nitrogens with one attached hydrogen (secondary N) is 1. The number of nitrogens with zero attached hydrogens (tertiary/aromatic N) is 2. The van der Waals surface area contributed by atoms with Gasteiger partial charge in [0.2, 0.25) is 0 Å². The number of allylic oxidation sites excluding steroid dienone is 4. The lowest BCUT2D eigenvalue weighted by Crippen LogP contribution is -1.99. The quantitative estimate of drug-likeness (QED) is 0.814. The Labute approximate surface area is 120 Å². The van der Waals surface area contributed by atoms with Crippen LogP contribution in [-0.2, 0) is 0 Å². The molecule has 1 aromatic heterocycles. The van der Waals surface area contributed by atoms with Crippen LogP contribution in [-0.4, -0.2) is 11.2 Å². The normalized spacial score (nSPS) is 18.2. The van der Waals surface area contributed by atoms with Crippen LogP contribution < -0.4 is 5.32 Å². The van der Waals surface area contributed by atoms with Crippen molar-refractivity contribution in [3.8, 4) is 0 Å². The monoisotopic (exact) mass is 267 g/mol. The Balaban J connectivity index is 2.44. The second kappa shape index (κ2) is 5.87. The number of hydrogen-bond acceptors (Lipinski definition) is 3. The van der Waals surface area contributed by atoms with Crippen molar-refractivity contribution in [1.29, 1.82) is 0 Å². The molecule has 0 spiro atoms. The lowest BCUT2D eigenvalue weighted by Gasteiger charge is -2.10. The minimum atomic E-state index is 0.256. The summed E-state index contributed by atoms with van der Waals surface area (Å²) in [5.41, 5.74) is 6.15. The lowest BCUT2D eigenvalue weighted by atomic mass is 9.96. The molecule has 0 aliphatic carbocycles. The van der Waals surface area contributed by atoms with Gasteiger partial charge in [0.25, 0.3) is 0 Å². The van der Waals surface area contributed by atoms with Crippen molar-refractivity contribution < 1.29 is 0 Å². The van der Waals surface area contributed by atoms with E-state index in [-0.39, 0.29) is 5.92 Å². The van der Waals surface area contributed by atoms with Gasteiger partial charge in [-0.2, -0.15) is 0 Å². The molecule has 3 heteroatoms. The minimum Gasteiger partial charge on any atom is -0.359 e. The van der Waals surface area contributed by atoms with Crippen LogP contribution in [0.5, 0.6) is 0 Å². The maximum Gasteiger partial charge on any atom is 0.0773 e. The zero-order valence-electron chi connectivity index (χ0n) is 12.4. The number of pyridine rings is 1. The topological polar surface area (TPSA) is 37.3 Å². The Bertz CT molecular complexity index is 609. The molecule has 0 fully saturated rings. The van der Waals surface area contributed by atoms with E-state index in [1.807, 2.05) is 38.4 Å². The summed E-state index contributed by atoms with van der Waals surface area (Å²) in [6.45, 7) is 14.1. The summed E-state index contributed by atoms with van der Waals surface area (Å²) in [4.78, 5) is 8.93. The van der Waals surface area contributed by atoms with Gasteiger partial charge in [-0.25, -0.2) is 0 Å². The van der Waals surface area contributed by atoms with E-state index in [1.54, 1.807) is 0 Å². The summed E-state index contributed by atoms with van der Waals surface area (Å²) in [7, 11) is 0. The van der Waals surface area contributed by atoms with Gasteiger partial charge >= 0.3 is 0 Å². The Morgan fingerprint density at radius 1 is 1.55 bits per heavy atom. The lowest BCUT2D eigenvalue weighted by molar-refractivity contribution is 0.937. The maximum absolute atomic E-state index is 4.54. The summed E-state index contributed by atoms with van der Waals surface area (Å²) in [6.07, 6.45) is 6.55. The first-order valence-corrected chi connectivity index (χ1v) is 6.91. The summed E-state index contributed by atoms with van der Waals surface area (Å²) in [6, 6.07) is 1.99. The third-order valence-corrected chi connectivity index (χ3v) is 3.62. The Morgan fingerprint density at radius 3 is 2.95 bits per heavy atom. The van der Waals surface area contributed by atoms with Gasteiger partial charge < -0.3 is 5.32 Å². The van der Waals surface area contributed by atoms with Crippen LogP contribution in [0.1, 0.15) is 44.4 Å². The molecule has 0 bridgehead atoms. The molecule has 0 amide bonds. The molecule has 0 saturated heterocycles. The van der Waals surface area contributed by atoms with Crippen LogP contribution in [0, 0.1) is 0 Å². The molecule has 1 atom stereocenters. The van der Waals surface area contributed by atoms with Crippen LogP contribution in [0.25, 0.3) is 5.57 Å². The number of aromatic nitrogens is 1. The first kappa shape index (κ1) is 14.3. The van der Waals surface area contributed by atoms with Crippen LogP contribution in [0.3, 0.4) is 0 Å². The van der Waals surface area contributed by atoms with Crippen molar-refractivity contribution in [2.75, 3.05) is 5.32 Å². The highest BCUT2D eigenvalue weighted by Gasteiger charge is 2.26. The Morgan fingerprint density at radius 2 is 2.30 bits per heavy atom. The van der Waals surface area contributed by atoms with Crippen molar-refractivity contribution in [3.63, 3.8) is 0 Å². The van der Waals surface area contributed by atoms with Crippen LogP contribution in [0.15, 0.2) is 47.9 Å². The fourth-order valence-corrected chi connectivity index (χ4v) is 2.23. The van der Waals surface area contributed by atoms with E-state index in [1.165, 1.54) is 5.56 Å². The largest absolute Gasteiger partial charge is 0.359 e. The number of aliphatic imine (C=N–C) groups is 1. The maximum atomic E-state index is 4.54. The summed E-state index contributed by atoms with van der Waals surface area (Å²) in [5, 5.41) is 3.32. The Hall–Kier alpha value is -2.16. The first-order chi connectivity index (χ1) is 9.58. The molecule has 1 aromatic rings. The molecule has 0 aromatic carbocycles. The number of anilines is 1. The van der Waals surface area contributed by atoms with E-state index in [4.69, 9.17) is 0 Å². The van der Waals surface area contributed by atoms with Gasteiger partial charge in [0, 0.05) is 46.5 Å². The molecule has 3 nitrogen and oxygen atoms in total. The van der Waals surface area contributed by atoms with E-state index in [0.29, 0.717) is 0 Å². The van der Waals surface area contributed by atoms with Gasteiger partial charge in [-0.1, -0.05) is 33.1 Å². The second-order valence-corrected chi connectivity index (χ2v) is 4.91. The summed E-state index contributed by atoms with van der Waals surface area (Å²) >= 11 is 0. The SMILES string of the molecule is C=C(CC)N=CC(=CC)c1nccc2c1C(C)C(=C)N2. The molecule has 1 unspecified atom stereocenters. The third kappa shape index (κ3) is 2.57. The molecule has 0 saturated carbocycles. The van der Waals surface area contributed by atoms with E-state index < -0.39 is 0 Å². The molecule has 1 aliphatic rings. The summed E-state index contributed by atoms with van der Waals surface area (Å²) in [5.74, 6) is 0.256. The highest BCUT2D eigenvalue weighted by atomic mass is 14.9. The van der Waals surface area contributed by atoms with Crippen molar-refractivity contribution in [2.45, 2.75) is 33.1 Å². The fraction of sp³-hybridized carbons (Fsp3) is 0.294. The average molecular weight is 267 g/mol. The van der Waals surface area contributed by atoms with E-state index in [2.05, 4.69) is 35.4 Å². The van der Waals surface area contributed by atoms with Crippen molar-refractivity contribution in [3.05, 3.63) is 54.1 Å². The summed E-state index contributed by atoms with van der Waals surface area (Å²) < 4.78 is 0. The molecule has 2 heterocycles. The van der Waals surface area contributed by atoms with Gasteiger partial charge in [0.15, 0.2) is 0 Å². The zero-order chi connectivity index (χ0) is 14.7. The van der Waals surface area contributed by atoms with Crippen molar-refractivity contribution in [2.24, 2.45) is 4.99 Å².